The van der Waals surface area contributed by atoms with Gasteiger partial charge in [-0.05, 0) is 24.0 Å². The maximum absolute atomic E-state index is 11.9. The Morgan fingerprint density at radius 3 is 2.75 bits per heavy atom. The van der Waals surface area contributed by atoms with Gasteiger partial charge in [0.1, 0.15) is 0 Å². The second kappa shape index (κ2) is 3.34. The summed E-state index contributed by atoms with van der Waals surface area (Å²) in [6, 6.07) is 7.85. The molecule has 1 saturated carbocycles. The fraction of sp³-hybridized carbons (Fsp3) is 0.357. The number of rotatable bonds is 1. The molecule has 0 aliphatic heterocycles. The van der Waals surface area contributed by atoms with Gasteiger partial charge in [-0.25, -0.2) is 0 Å². The van der Waals surface area contributed by atoms with Crippen molar-refractivity contribution in [1.82, 2.24) is 0 Å². The van der Waals surface area contributed by atoms with Gasteiger partial charge in [-0.15, -0.1) is 0 Å². The van der Waals surface area contributed by atoms with Gasteiger partial charge in [0.05, 0.1) is 7.85 Å². The number of allylic oxidation sites excluding steroid dienone is 2. The lowest BCUT2D eigenvalue weighted by molar-refractivity contribution is 0.104. The minimum Gasteiger partial charge on any atom is -0.289 e. The van der Waals surface area contributed by atoms with Crippen LogP contribution < -0.4 is 0 Å². The summed E-state index contributed by atoms with van der Waals surface area (Å²) in [6.07, 6.45) is 6.77. The normalized spacial score (nSPS) is 26.0. The van der Waals surface area contributed by atoms with E-state index in [1.54, 1.807) is 6.08 Å². The van der Waals surface area contributed by atoms with Gasteiger partial charge in [-0.3, -0.25) is 4.79 Å². The number of fused-ring (bicyclic) bond motifs is 1. The molecule has 16 heavy (non-hydrogen) atoms. The molecule has 3 rings (SSSR count). The number of hydrogen-bond acceptors (Lipinski definition) is 1. The Labute approximate surface area is 97.0 Å². The lowest BCUT2D eigenvalue weighted by Crippen LogP contribution is -2.10. The fourth-order valence-electron chi connectivity index (χ4n) is 2.45. The van der Waals surface area contributed by atoms with Crippen LogP contribution in [-0.2, 0) is 6.42 Å². The molecule has 1 aromatic carbocycles. The van der Waals surface area contributed by atoms with E-state index in [0.29, 0.717) is 5.92 Å². The summed E-state index contributed by atoms with van der Waals surface area (Å²) >= 11 is 0. The third-order valence-electron chi connectivity index (χ3n) is 3.77. The van der Waals surface area contributed by atoms with Crippen LogP contribution >= 0.6 is 0 Å². The van der Waals surface area contributed by atoms with Gasteiger partial charge in [0.25, 0.3) is 0 Å². The Morgan fingerprint density at radius 2 is 2.00 bits per heavy atom. The van der Waals surface area contributed by atoms with Gasteiger partial charge in [0.2, 0.25) is 0 Å². The van der Waals surface area contributed by atoms with E-state index in [1.807, 2.05) is 30.3 Å². The van der Waals surface area contributed by atoms with Crippen LogP contribution in [0.25, 0.3) is 0 Å². The third-order valence-corrected chi connectivity index (χ3v) is 3.77. The monoisotopic (exact) mass is 208 g/mol. The molecule has 0 bridgehead atoms. The van der Waals surface area contributed by atoms with Crippen molar-refractivity contribution in [3.63, 3.8) is 0 Å². The zero-order valence-electron chi connectivity index (χ0n) is 9.15. The van der Waals surface area contributed by atoms with E-state index in [1.165, 1.54) is 0 Å². The highest BCUT2D eigenvalue weighted by Crippen LogP contribution is 2.58. The lowest BCUT2D eigenvalue weighted by atomic mass is 9.70. The fourth-order valence-corrected chi connectivity index (χ4v) is 2.45. The minimum atomic E-state index is -0.0474. The standard InChI is InChI=1S/C14H13BO/c15-14(7-8-14)11-5-6-13(16)12-4-2-1-3-10(12)9-11/h1-6,11H,7-9H2. The molecule has 0 N–H and O–H groups in total. The Morgan fingerprint density at radius 1 is 1.25 bits per heavy atom. The van der Waals surface area contributed by atoms with Crippen LogP contribution in [0.5, 0.6) is 0 Å². The van der Waals surface area contributed by atoms with Crippen LogP contribution in [-0.4, -0.2) is 13.6 Å². The summed E-state index contributed by atoms with van der Waals surface area (Å²) in [5, 5.41) is -0.0474. The van der Waals surface area contributed by atoms with Gasteiger partial charge in [-0.1, -0.05) is 48.5 Å². The largest absolute Gasteiger partial charge is 0.289 e. The smallest absolute Gasteiger partial charge is 0.185 e. The predicted molar refractivity (Wildman–Crippen MR) is 64.8 cm³/mol. The molecule has 1 fully saturated rings. The summed E-state index contributed by atoms with van der Waals surface area (Å²) in [4.78, 5) is 11.9. The Kier molecular flexibility index (Phi) is 2.07. The Balaban J connectivity index is 2.01. The maximum Gasteiger partial charge on any atom is 0.185 e. The summed E-state index contributed by atoms with van der Waals surface area (Å²) < 4.78 is 0. The number of benzene rings is 1. The van der Waals surface area contributed by atoms with Crippen LogP contribution in [0.1, 0.15) is 28.8 Å². The van der Waals surface area contributed by atoms with Crippen LogP contribution in [0.3, 0.4) is 0 Å². The molecule has 0 spiro atoms. The molecule has 1 aromatic rings. The molecule has 0 aromatic heterocycles. The summed E-state index contributed by atoms with van der Waals surface area (Å²) in [7, 11) is 6.23. The molecule has 2 radical (unpaired) electrons. The van der Waals surface area contributed by atoms with E-state index >= 15 is 0 Å². The molecule has 0 heterocycles. The van der Waals surface area contributed by atoms with Crippen molar-refractivity contribution in [3.8, 4) is 0 Å². The summed E-state index contributed by atoms with van der Waals surface area (Å²) in [6.45, 7) is 0. The molecule has 2 heteroatoms. The Hall–Kier alpha value is -1.31. The highest BCUT2D eigenvalue weighted by Gasteiger charge is 2.43. The van der Waals surface area contributed by atoms with Crippen molar-refractivity contribution < 1.29 is 4.79 Å². The first-order valence-corrected chi connectivity index (χ1v) is 5.78. The predicted octanol–water partition coefficient (Wildman–Crippen LogP) is 2.72. The first-order valence-electron chi connectivity index (χ1n) is 5.78. The van der Waals surface area contributed by atoms with E-state index in [9.17, 15) is 4.79 Å². The topological polar surface area (TPSA) is 17.1 Å². The van der Waals surface area contributed by atoms with Crippen molar-refractivity contribution in [2.45, 2.75) is 24.6 Å². The van der Waals surface area contributed by atoms with Crippen molar-refractivity contribution >= 4 is 13.6 Å². The van der Waals surface area contributed by atoms with Gasteiger partial charge in [0.15, 0.2) is 5.78 Å². The van der Waals surface area contributed by atoms with E-state index in [2.05, 4.69) is 0 Å². The first-order chi connectivity index (χ1) is 7.69. The van der Waals surface area contributed by atoms with Crippen LogP contribution in [0.2, 0.25) is 5.31 Å². The number of hydrogen-bond donors (Lipinski definition) is 0. The first kappa shape index (κ1) is 9.89. The molecular formula is C14H13BO. The van der Waals surface area contributed by atoms with Gasteiger partial charge < -0.3 is 0 Å². The van der Waals surface area contributed by atoms with Crippen molar-refractivity contribution in [1.29, 1.82) is 0 Å². The molecule has 0 amide bonds. The van der Waals surface area contributed by atoms with Crippen molar-refractivity contribution in [2.75, 3.05) is 0 Å². The van der Waals surface area contributed by atoms with Crippen molar-refractivity contribution in [2.24, 2.45) is 5.92 Å². The highest BCUT2D eigenvalue weighted by atomic mass is 16.1. The molecule has 1 atom stereocenters. The number of carbonyl (C=O) groups is 1. The Bertz CT molecular complexity index is 471. The number of carbonyl (C=O) groups excluding carboxylic acids is 1. The molecule has 0 saturated heterocycles. The van der Waals surface area contributed by atoms with Gasteiger partial charge >= 0.3 is 0 Å². The second-order valence-electron chi connectivity index (χ2n) is 4.92. The van der Waals surface area contributed by atoms with E-state index in [0.717, 1.165) is 30.4 Å². The van der Waals surface area contributed by atoms with Gasteiger partial charge in [-0.2, -0.15) is 0 Å². The van der Waals surface area contributed by atoms with Gasteiger partial charge in [0, 0.05) is 5.56 Å². The minimum absolute atomic E-state index is 0.0474. The summed E-state index contributed by atoms with van der Waals surface area (Å²) in [5.74, 6) is 0.433. The molecule has 1 nitrogen and oxygen atoms in total. The molecule has 2 aliphatic rings. The van der Waals surface area contributed by atoms with Crippen LogP contribution in [0, 0.1) is 5.92 Å². The number of ketones is 1. The quantitative estimate of drug-likeness (QED) is 0.648. The summed E-state index contributed by atoms with van der Waals surface area (Å²) in [5.41, 5.74) is 1.98. The average Bonchev–Trinajstić information content (AvgIpc) is 3.05. The molecule has 2 aliphatic carbocycles. The van der Waals surface area contributed by atoms with Crippen molar-refractivity contribution in [3.05, 3.63) is 47.5 Å². The average molecular weight is 208 g/mol. The van der Waals surface area contributed by atoms with E-state index in [-0.39, 0.29) is 11.1 Å². The van der Waals surface area contributed by atoms with E-state index in [4.69, 9.17) is 7.85 Å². The second-order valence-corrected chi connectivity index (χ2v) is 4.92. The zero-order chi connectivity index (χ0) is 11.2. The molecular weight excluding hydrogens is 195 g/mol. The lowest BCUT2D eigenvalue weighted by Gasteiger charge is -2.19. The maximum atomic E-state index is 11.9. The zero-order valence-corrected chi connectivity index (χ0v) is 9.15. The molecule has 78 valence electrons. The highest BCUT2D eigenvalue weighted by molar-refractivity contribution is 6.18. The van der Waals surface area contributed by atoms with Crippen LogP contribution in [0.4, 0.5) is 0 Å². The third kappa shape index (κ3) is 1.53. The van der Waals surface area contributed by atoms with E-state index < -0.39 is 0 Å². The molecule has 1 unspecified atom stereocenters. The SMILES string of the molecule is [B]C1(C2C=CC(=O)c3ccccc3C2)CC1. The van der Waals surface area contributed by atoms with Crippen LogP contribution in [0.15, 0.2) is 36.4 Å².